The van der Waals surface area contributed by atoms with E-state index in [9.17, 15) is 9.90 Å². The van der Waals surface area contributed by atoms with E-state index in [-0.39, 0.29) is 23.8 Å². The number of amides is 1. The molecule has 0 saturated heterocycles. The van der Waals surface area contributed by atoms with Crippen molar-refractivity contribution in [1.29, 1.82) is 0 Å². The second-order valence-corrected chi connectivity index (χ2v) is 5.79. The van der Waals surface area contributed by atoms with E-state index in [1.54, 1.807) is 7.05 Å². The van der Waals surface area contributed by atoms with Gasteiger partial charge in [0.25, 0.3) is 0 Å². The lowest BCUT2D eigenvalue weighted by Crippen LogP contribution is -2.48. The van der Waals surface area contributed by atoms with E-state index in [4.69, 9.17) is 0 Å². The summed E-state index contributed by atoms with van der Waals surface area (Å²) in [4.78, 5) is 11.9. The Morgan fingerprint density at radius 3 is 2.00 bits per heavy atom. The van der Waals surface area contributed by atoms with Crippen LogP contribution in [0.15, 0.2) is 0 Å². The normalized spacial score (nSPS) is 16.3. The molecular formula is C12H25NO2. The van der Waals surface area contributed by atoms with E-state index in [0.717, 1.165) is 0 Å². The molecule has 0 heterocycles. The molecule has 90 valence electrons. The first-order valence-corrected chi connectivity index (χ1v) is 5.52. The molecule has 0 aliphatic rings. The number of rotatable bonds is 4. The van der Waals surface area contributed by atoms with Gasteiger partial charge in [0, 0.05) is 7.05 Å². The molecule has 0 rings (SSSR count). The summed E-state index contributed by atoms with van der Waals surface area (Å²) in [5.41, 5.74) is -0.632. The zero-order valence-corrected chi connectivity index (χ0v) is 10.8. The number of carbonyl (C=O) groups excluding carboxylic acids is 1. The largest absolute Gasteiger partial charge is 0.395 e. The maximum Gasteiger partial charge on any atom is 0.228 e. The van der Waals surface area contributed by atoms with Crippen LogP contribution in [0, 0.1) is 16.7 Å². The first kappa shape index (κ1) is 14.4. The third kappa shape index (κ3) is 3.49. The minimum atomic E-state index is -0.660. The molecule has 15 heavy (non-hydrogen) atoms. The van der Waals surface area contributed by atoms with Gasteiger partial charge in [0.15, 0.2) is 0 Å². The average Bonchev–Trinajstić information content (AvgIpc) is 2.10. The molecule has 0 saturated carbocycles. The van der Waals surface area contributed by atoms with Gasteiger partial charge >= 0.3 is 0 Å². The first-order valence-electron chi connectivity index (χ1n) is 5.52. The summed E-state index contributed by atoms with van der Waals surface area (Å²) >= 11 is 0. The molecule has 0 aliphatic carbocycles. The molecule has 2 N–H and O–H groups in total. The van der Waals surface area contributed by atoms with Crippen LogP contribution in [0.25, 0.3) is 0 Å². The lowest BCUT2D eigenvalue weighted by atomic mass is 9.67. The van der Waals surface area contributed by atoms with Crippen molar-refractivity contribution in [3.8, 4) is 0 Å². The quantitative estimate of drug-likeness (QED) is 0.751. The molecule has 1 atom stereocenters. The Hall–Kier alpha value is -0.570. The molecule has 0 bridgehead atoms. The molecule has 0 fully saturated rings. The van der Waals surface area contributed by atoms with Crippen LogP contribution in [0.3, 0.4) is 0 Å². The number of aliphatic hydroxyl groups excluding tert-OH is 1. The van der Waals surface area contributed by atoms with Crippen LogP contribution in [0.5, 0.6) is 0 Å². The van der Waals surface area contributed by atoms with Gasteiger partial charge in [-0.3, -0.25) is 4.79 Å². The molecule has 0 aromatic carbocycles. The molecule has 0 spiro atoms. The van der Waals surface area contributed by atoms with Gasteiger partial charge in [-0.25, -0.2) is 0 Å². The van der Waals surface area contributed by atoms with Crippen molar-refractivity contribution in [1.82, 2.24) is 5.32 Å². The topological polar surface area (TPSA) is 49.3 Å². The second-order valence-electron chi connectivity index (χ2n) is 5.79. The van der Waals surface area contributed by atoms with Crippen LogP contribution in [-0.2, 0) is 4.79 Å². The summed E-state index contributed by atoms with van der Waals surface area (Å²) in [6.45, 7) is 10.1. The number of hydrogen-bond donors (Lipinski definition) is 2. The molecule has 0 aromatic rings. The number of carbonyl (C=O) groups is 1. The number of aliphatic hydroxyl groups is 1. The smallest absolute Gasteiger partial charge is 0.228 e. The Kier molecular flexibility index (Phi) is 4.78. The summed E-state index contributed by atoms with van der Waals surface area (Å²) in [5.74, 6) is 0.0663. The minimum Gasteiger partial charge on any atom is -0.395 e. The van der Waals surface area contributed by atoms with E-state index in [1.807, 2.05) is 13.8 Å². The Labute approximate surface area is 93.3 Å². The molecular weight excluding hydrogens is 190 g/mol. The lowest BCUT2D eigenvalue weighted by Gasteiger charge is -2.38. The molecule has 0 aliphatic heterocycles. The van der Waals surface area contributed by atoms with E-state index < -0.39 is 5.41 Å². The van der Waals surface area contributed by atoms with Gasteiger partial charge in [0.2, 0.25) is 5.91 Å². The Morgan fingerprint density at radius 1 is 1.33 bits per heavy atom. The first-order chi connectivity index (χ1) is 6.69. The highest BCUT2D eigenvalue weighted by Crippen LogP contribution is 2.39. The molecule has 0 radical (unpaired) electrons. The SMILES string of the molecule is CNC(=O)C(CO)(CC(C)(C)C)C(C)C. The highest BCUT2D eigenvalue weighted by Gasteiger charge is 2.43. The summed E-state index contributed by atoms with van der Waals surface area (Å²) in [5, 5.41) is 12.2. The summed E-state index contributed by atoms with van der Waals surface area (Å²) < 4.78 is 0. The monoisotopic (exact) mass is 215 g/mol. The molecule has 1 amide bonds. The van der Waals surface area contributed by atoms with Gasteiger partial charge in [-0.15, -0.1) is 0 Å². The Bertz CT molecular complexity index is 218. The zero-order valence-electron chi connectivity index (χ0n) is 10.8. The molecule has 1 unspecified atom stereocenters. The van der Waals surface area contributed by atoms with Crippen molar-refractivity contribution in [2.45, 2.75) is 41.0 Å². The van der Waals surface area contributed by atoms with Gasteiger partial charge in [-0.2, -0.15) is 0 Å². The predicted octanol–water partition coefficient (Wildman–Crippen LogP) is 1.80. The highest BCUT2D eigenvalue weighted by molar-refractivity contribution is 5.82. The molecule has 3 heteroatoms. The van der Waals surface area contributed by atoms with E-state index in [2.05, 4.69) is 26.1 Å². The van der Waals surface area contributed by atoms with E-state index >= 15 is 0 Å². The predicted molar refractivity (Wildman–Crippen MR) is 62.5 cm³/mol. The van der Waals surface area contributed by atoms with Gasteiger partial charge in [-0.1, -0.05) is 34.6 Å². The van der Waals surface area contributed by atoms with Crippen molar-refractivity contribution < 1.29 is 9.90 Å². The van der Waals surface area contributed by atoms with Crippen molar-refractivity contribution in [2.75, 3.05) is 13.7 Å². The van der Waals surface area contributed by atoms with Gasteiger partial charge in [-0.05, 0) is 17.8 Å². The second kappa shape index (κ2) is 4.97. The summed E-state index contributed by atoms with van der Waals surface area (Å²) in [6.07, 6.45) is 0.688. The fourth-order valence-corrected chi connectivity index (χ4v) is 2.05. The van der Waals surface area contributed by atoms with E-state index in [1.165, 1.54) is 0 Å². The van der Waals surface area contributed by atoms with E-state index in [0.29, 0.717) is 6.42 Å². The van der Waals surface area contributed by atoms with Gasteiger partial charge < -0.3 is 10.4 Å². The Morgan fingerprint density at radius 2 is 1.80 bits per heavy atom. The van der Waals surface area contributed by atoms with Crippen LogP contribution in [0.4, 0.5) is 0 Å². The summed E-state index contributed by atoms with van der Waals surface area (Å²) in [6, 6.07) is 0. The van der Waals surface area contributed by atoms with Gasteiger partial charge in [0.1, 0.15) is 0 Å². The van der Waals surface area contributed by atoms with Crippen LogP contribution < -0.4 is 5.32 Å². The van der Waals surface area contributed by atoms with Crippen LogP contribution >= 0.6 is 0 Å². The average molecular weight is 215 g/mol. The fourth-order valence-electron chi connectivity index (χ4n) is 2.05. The standard InChI is InChI=1S/C12H25NO2/c1-9(2)12(8-14,10(15)13-6)7-11(3,4)5/h9,14H,7-8H2,1-6H3,(H,13,15). The van der Waals surface area contributed by atoms with Crippen LogP contribution in [-0.4, -0.2) is 24.7 Å². The van der Waals surface area contributed by atoms with Crippen molar-refractivity contribution in [3.63, 3.8) is 0 Å². The fraction of sp³-hybridized carbons (Fsp3) is 0.917. The molecule has 0 aromatic heterocycles. The number of hydrogen-bond acceptors (Lipinski definition) is 2. The Balaban J connectivity index is 5.08. The van der Waals surface area contributed by atoms with Crippen molar-refractivity contribution in [3.05, 3.63) is 0 Å². The summed E-state index contributed by atoms with van der Waals surface area (Å²) in [7, 11) is 1.62. The van der Waals surface area contributed by atoms with Crippen molar-refractivity contribution >= 4 is 5.91 Å². The van der Waals surface area contributed by atoms with Gasteiger partial charge in [0.05, 0.1) is 12.0 Å². The lowest BCUT2D eigenvalue weighted by molar-refractivity contribution is -0.138. The third-order valence-electron chi connectivity index (χ3n) is 2.91. The van der Waals surface area contributed by atoms with Crippen LogP contribution in [0.2, 0.25) is 0 Å². The minimum absolute atomic E-state index is 0.0273. The van der Waals surface area contributed by atoms with Crippen molar-refractivity contribution in [2.24, 2.45) is 16.7 Å². The maximum atomic E-state index is 11.9. The number of nitrogens with one attached hydrogen (secondary N) is 1. The highest BCUT2D eigenvalue weighted by atomic mass is 16.3. The third-order valence-corrected chi connectivity index (χ3v) is 2.91. The maximum absolute atomic E-state index is 11.9. The molecule has 3 nitrogen and oxygen atoms in total. The zero-order chi connectivity index (χ0) is 12.3. The van der Waals surface area contributed by atoms with Crippen LogP contribution in [0.1, 0.15) is 41.0 Å².